The van der Waals surface area contributed by atoms with E-state index < -0.39 is 23.6 Å². The van der Waals surface area contributed by atoms with Crippen molar-refractivity contribution in [3.63, 3.8) is 0 Å². The molecule has 0 radical (unpaired) electrons. The molecule has 2 aromatic carbocycles. The minimum absolute atomic E-state index is 0.000176. The summed E-state index contributed by atoms with van der Waals surface area (Å²) in [5, 5.41) is 11.4. The number of methoxy groups -OCH3 is 1. The third-order valence-corrected chi connectivity index (χ3v) is 4.60. The van der Waals surface area contributed by atoms with E-state index in [0.717, 1.165) is 16.7 Å². The first-order valence-electron chi connectivity index (χ1n) is 7.94. The Hall–Kier alpha value is -3.26. The van der Waals surface area contributed by atoms with Gasteiger partial charge in [-0.15, -0.1) is 0 Å². The lowest BCUT2D eigenvalue weighted by atomic mass is 10.2. The lowest BCUT2D eigenvalue weighted by molar-refractivity contribution is -0.127. The van der Waals surface area contributed by atoms with E-state index in [1.807, 2.05) is 0 Å². The Morgan fingerprint density at radius 1 is 1.22 bits per heavy atom. The van der Waals surface area contributed by atoms with Crippen molar-refractivity contribution in [2.24, 2.45) is 0 Å². The zero-order valence-electron chi connectivity index (χ0n) is 14.3. The molecule has 7 nitrogen and oxygen atoms in total. The third-order valence-electron chi connectivity index (χ3n) is 3.70. The molecule has 1 fully saturated rings. The topological polar surface area (TPSA) is 95.9 Å². The van der Waals surface area contributed by atoms with E-state index in [1.54, 1.807) is 42.5 Å². The predicted molar refractivity (Wildman–Crippen MR) is 102 cm³/mol. The van der Waals surface area contributed by atoms with Gasteiger partial charge in [-0.25, -0.2) is 0 Å². The van der Waals surface area contributed by atoms with Gasteiger partial charge >= 0.3 is 0 Å². The van der Waals surface area contributed by atoms with Crippen molar-refractivity contribution in [1.82, 2.24) is 4.90 Å². The number of imide groups is 1. The van der Waals surface area contributed by atoms with E-state index in [2.05, 4.69) is 5.32 Å². The molecule has 1 aliphatic heterocycles. The number of nitrogens with zero attached hydrogens (tertiary/aromatic N) is 1. The first-order chi connectivity index (χ1) is 13.0. The molecule has 3 amide bonds. The Kier molecular flexibility index (Phi) is 5.46. The average molecular weight is 384 g/mol. The Bertz CT molecular complexity index is 941. The van der Waals surface area contributed by atoms with Crippen LogP contribution in [0, 0.1) is 0 Å². The van der Waals surface area contributed by atoms with Crippen LogP contribution in [0.3, 0.4) is 0 Å². The van der Waals surface area contributed by atoms with Gasteiger partial charge in [-0.3, -0.25) is 19.3 Å². The summed E-state index contributed by atoms with van der Waals surface area (Å²) in [5.41, 5.74) is 1.09. The van der Waals surface area contributed by atoms with Crippen LogP contribution in [0.1, 0.15) is 5.56 Å². The zero-order chi connectivity index (χ0) is 19.4. The average Bonchev–Trinajstić information content (AvgIpc) is 2.89. The van der Waals surface area contributed by atoms with Crippen molar-refractivity contribution in [3.8, 4) is 11.5 Å². The highest BCUT2D eigenvalue weighted by molar-refractivity contribution is 8.18. The fraction of sp³-hybridized carbons (Fsp3) is 0.105. The first kappa shape index (κ1) is 18.5. The molecule has 138 valence electrons. The number of benzene rings is 2. The maximum atomic E-state index is 12.5. The van der Waals surface area contributed by atoms with Gasteiger partial charge in [-0.1, -0.05) is 18.2 Å². The minimum Gasteiger partial charge on any atom is -0.508 e. The monoisotopic (exact) mass is 384 g/mol. The summed E-state index contributed by atoms with van der Waals surface area (Å²) >= 11 is 0.779. The summed E-state index contributed by atoms with van der Waals surface area (Å²) in [5.74, 6) is -0.432. The minimum atomic E-state index is -0.537. The lowest BCUT2D eigenvalue weighted by Crippen LogP contribution is -2.36. The second kappa shape index (κ2) is 7.96. The number of carbonyl (C=O) groups is 3. The molecule has 0 aliphatic carbocycles. The number of phenols is 1. The largest absolute Gasteiger partial charge is 0.508 e. The highest BCUT2D eigenvalue weighted by atomic mass is 32.2. The number of rotatable bonds is 5. The maximum Gasteiger partial charge on any atom is 0.294 e. The van der Waals surface area contributed by atoms with E-state index in [0.29, 0.717) is 17.0 Å². The summed E-state index contributed by atoms with van der Waals surface area (Å²) in [7, 11) is 1.54. The number of anilines is 1. The molecule has 2 N–H and O–H groups in total. The summed E-state index contributed by atoms with van der Waals surface area (Å²) in [6.45, 7) is -0.407. The van der Waals surface area contributed by atoms with Crippen molar-refractivity contribution in [3.05, 3.63) is 59.0 Å². The summed E-state index contributed by atoms with van der Waals surface area (Å²) in [6, 6.07) is 13.1. The second-order valence-corrected chi connectivity index (χ2v) is 6.64. The van der Waals surface area contributed by atoms with Gasteiger partial charge in [0.05, 0.1) is 12.0 Å². The highest BCUT2D eigenvalue weighted by Gasteiger charge is 2.36. The molecule has 8 heteroatoms. The molecular formula is C19H16N2O5S. The van der Waals surface area contributed by atoms with Gasteiger partial charge in [0.15, 0.2) is 0 Å². The van der Waals surface area contributed by atoms with Crippen LogP contribution < -0.4 is 10.1 Å². The van der Waals surface area contributed by atoms with Crippen molar-refractivity contribution in [2.45, 2.75) is 0 Å². The highest BCUT2D eigenvalue weighted by Crippen LogP contribution is 2.32. The van der Waals surface area contributed by atoms with Gasteiger partial charge in [0.25, 0.3) is 11.1 Å². The fourth-order valence-electron chi connectivity index (χ4n) is 2.45. The smallest absolute Gasteiger partial charge is 0.294 e. The molecule has 27 heavy (non-hydrogen) atoms. The first-order valence-corrected chi connectivity index (χ1v) is 8.76. The SMILES string of the molecule is COc1cccc(/C=C2\SC(=O)N(CC(=O)Nc3cccc(O)c3)C2=O)c1. The van der Waals surface area contributed by atoms with E-state index in [4.69, 9.17) is 4.74 Å². The normalized spacial score (nSPS) is 15.3. The molecule has 0 atom stereocenters. The Morgan fingerprint density at radius 2 is 2.00 bits per heavy atom. The van der Waals surface area contributed by atoms with E-state index in [9.17, 15) is 19.5 Å². The lowest BCUT2D eigenvalue weighted by Gasteiger charge is -2.12. The number of hydrogen-bond donors (Lipinski definition) is 2. The summed E-state index contributed by atoms with van der Waals surface area (Å²) < 4.78 is 5.14. The fourth-order valence-corrected chi connectivity index (χ4v) is 3.29. The Labute approximate surface area is 159 Å². The van der Waals surface area contributed by atoms with Crippen molar-refractivity contribution in [1.29, 1.82) is 0 Å². The molecule has 1 saturated heterocycles. The summed E-state index contributed by atoms with van der Waals surface area (Å²) in [6.07, 6.45) is 1.58. The van der Waals surface area contributed by atoms with E-state index >= 15 is 0 Å². The quantitative estimate of drug-likeness (QED) is 0.769. The molecule has 0 saturated carbocycles. The van der Waals surface area contributed by atoms with Crippen LogP contribution >= 0.6 is 11.8 Å². The number of thioether (sulfide) groups is 1. The molecule has 1 aliphatic rings. The van der Waals surface area contributed by atoms with Crippen molar-refractivity contribution < 1.29 is 24.2 Å². The molecule has 0 spiro atoms. The van der Waals surface area contributed by atoms with Crippen molar-refractivity contribution >= 4 is 40.6 Å². The number of nitrogens with one attached hydrogen (secondary N) is 1. The van der Waals surface area contributed by atoms with Gasteiger partial charge in [0, 0.05) is 11.8 Å². The number of carbonyl (C=O) groups excluding carboxylic acids is 3. The van der Waals surface area contributed by atoms with Gasteiger partial charge in [0.1, 0.15) is 18.0 Å². The number of aromatic hydroxyl groups is 1. The molecular weight excluding hydrogens is 368 g/mol. The van der Waals surface area contributed by atoms with Gasteiger partial charge < -0.3 is 15.2 Å². The number of hydrogen-bond acceptors (Lipinski definition) is 6. The number of phenolic OH excluding ortho intramolecular Hbond substituents is 1. The number of ether oxygens (including phenoxy) is 1. The van der Waals surface area contributed by atoms with Crippen LogP contribution in [0.15, 0.2) is 53.4 Å². The standard InChI is InChI=1S/C19H16N2O5S/c1-26-15-7-2-4-12(8-15)9-16-18(24)21(19(25)27-16)11-17(23)20-13-5-3-6-14(22)10-13/h2-10,22H,11H2,1H3,(H,20,23)/b16-9-. The van der Waals surface area contributed by atoms with E-state index in [1.165, 1.54) is 19.2 Å². The third kappa shape index (κ3) is 4.48. The predicted octanol–water partition coefficient (Wildman–Crippen LogP) is 3.08. The molecule has 3 rings (SSSR count). The van der Waals surface area contributed by atoms with Crippen LogP contribution in [0.5, 0.6) is 11.5 Å². The van der Waals surface area contributed by atoms with Crippen LogP contribution in [-0.4, -0.2) is 40.7 Å². The van der Waals surface area contributed by atoms with Gasteiger partial charge in [-0.2, -0.15) is 0 Å². The second-order valence-electron chi connectivity index (χ2n) is 5.64. The number of amides is 3. The molecule has 0 unspecified atom stereocenters. The molecule has 0 bridgehead atoms. The van der Waals surface area contributed by atoms with Crippen LogP contribution in [0.4, 0.5) is 10.5 Å². The van der Waals surface area contributed by atoms with Crippen LogP contribution in [-0.2, 0) is 9.59 Å². The summed E-state index contributed by atoms with van der Waals surface area (Å²) in [4.78, 5) is 37.9. The molecule has 1 heterocycles. The van der Waals surface area contributed by atoms with Crippen LogP contribution in [0.25, 0.3) is 6.08 Å². The molecule has 2 aromatic rings. The van der Waals surface area contributed by atoms with Crippen LogP contribution in [0.2, 0.25) is 0 Å². The van der Waals surface area contributed by atoms with Gasteiger partial charge in [0.2, 0.25) is 5.91 Å². The zero-order valence-corrected chi connectivity index (χ0v) is 15.2. The molecule has 0 aromatic heterocycles. The Morgan fingerprint density at radius 3 is 2.74 bits per heavy atom. The Balaban J connectivity index is 1.70. The maximum absolute atomic E-state index is 12.5. The van der Waals surface area contributed by atoms with Gasteiger partial charge in [-0.05, 0) is 47.7 Å². The van der Waals surface area contributed by atoms with Crippen molar-refractivity contribution in [2.75, 3.05) is 19.0 Å². The van der Waals surface area contributed by atoms with E-state index in [-0.39, 0.29) is 10.7 Å².